The lowest BCUT2D eigenvalue weighted by Crippen LogP contribution is -2.51. The number of methoxy groups -OCH3 is 1. The van der Waals surface area contributed by atoms with Gasteiger partial charge in [0.15, 0.2) is 11.5 Å². The van der Waals surface area contributed by atoms with Crippen molar-refractivity contribution in [3.8, 4) is 5.88 Å². The van der Waals surface area contributed by atoms with Gasteiger partial charge in [0, 0.05) is 18.0 Å². The minimum atomic E-state index is -1.23. The largest absolute Gasteiger partial charge is 0.481 e. The van der Waals surface area contributed by atoms with E-state index in [0.717, 1.165) is 6.20 Å². The van der Waals surface area contributed by atoms with Gasteiger partial charge in [-0.2, -0.15) is 0 Å². The number of carboxylic acid groups (broad SMARTS) is 1. The van der Waals surface area contributed by atoms with Crippen molar-refractivity contribution in [2.45, 2.75) is 25.0 Å². The van der Waals surface area contributed by atoms with Crippen molar-refractivity contribution in [3.05, 3.63) is 47.7 Å². The van der Waals surface area contributed by atoms with Crippen molar-refractivity contribution in [2.24, 2.45) is 4.99 Å². The molecule has 0 saturated carbocycles. The van der Waals surface area contributed by atoms with Crippen molar-refractivity contribution in [2.75, 3.05) is 13.7 Å². The molecule has 1 aromatic rings. The van der Waals surface area contributed by atoms with Crippen LogP contribution in [-0.2, 0) is 9.53 Å². The Morgan fingerprint density at radius 3 is 3.03 bits per heavy atom. The number of amides is 1. The van der Waals surface area contributed by atoms with Gasteiger partial charge in [-0.05, 0) is 18.6 Å². The van der Waals surface area contributed by atoms with E-state index in [9.17, 15) is 19.1 Å². The molecule has 10 nitrogen and oxygen atoms in total. The van der Waals surface area contributed by atoms with Crippen LogP contribution in [0.5, 0.6) is 5.88 Å². The quantitative estimate of drug-likeness (QED) is 0.761. The molecule has 0 aliphatic carbocycles. The van der Waals surface area contributed by atoms with Crippen LogP contribution in [0.25, 0.3) is 0 Å². The molecule has 0 spiro atoms. The number of amidine groups is 1. The van der Waals surface area contributed by atoms with Crippen LogP contribution in [0, 0.1) is 5.82 Å². The predicted molar refractivity (Wildman–Crippen MR) is 97.0 cm³/mol. The Hall–Kier alpha value is -3.63. The molecule has 4 rings (SSSR count). The average molecular weight is 403 g/mol. The summed E-state index contributed by atoms with van der Waals surface area (Å²) in [6.07, 6.45) is 5.27. The molecule has 2 unspecified atom stereocenters. The van der Waals surface area contributed by atoms with Gasteiger partial charge in [-0.25, -0.2) is 29.0 Å². The van der Waals surface area contributed by atoms with Gasteiger partial charge in [0.2, 0.25) is 5.88 Å². The Labute approximate surface area is 164 Å². The number of aliphatic carboxylic acids is 1. The van der Waals surface area contributed by atoms with E-state index < -0.39 is 29.6 Å². The number of fused-ring (bicyclic) bond motifs is 1. The first-order chi connectivity index (χ1) is 13.9. The Morgan fingerprint density at radius 2 is 2.34 bits per heavy atom. The Kier molecular flexibility index (Phi) is 4.36. The number of nitrogens with zero attached hydrogens (tertiary/aromatic N) is 4. The molecule has 1 aromatic heterocycles. The molecular weight excluding hydrogens is 385 g/mol. The molecule has 3 aliphatic heterocycles. The number of hydrogen-bond donors (Lipinski definition) is 2. The number of ether oxygens (including phenoxy) is 2. The monoisotopic (exact) mass is 403 g/mol. The van der Waals surface area contributed by atoms with E-state index in [0.29, 0.717) is 12.0 Å². The third kappa shape index (κ3) is 2.85. The van der Waals surface area contributed by atoms with Gasteiger partial charge in [-0.3, -0.25) is 10.3 Å². The zero-order valence-electron chi connectivity index (χ0n) is 15.6. The molecule has 29 heavy (non-hydrogen) atoms. The maximum atomic E-state index is 13.9. The minimum absolute atomic E-state index is 0.0405. The third-order valence-electron chi connectivity index (χ3n) is 5.05. The second kappa shape index (κ2) is 6.76. The van der Waals surface area contributed by atoms with Gasteiger partial charge in [-0.1, -0.05) is 6.92 Å². The van der Waals surface area contributed by atoms with Crippen molar-refractivity contribution in [3.63, 3.8) is 0 Å². The molecule has 3 aliphatic rings. The number of pyridine rings is 1. The maximum Gasteiger partial charge on any atom is 0.412 e. The Balaban J connectivity index is 1.81. The van der Waals surface area contributed by atoms with Gasteiger partial charge >= 0.3 is 12.1 Å². The fourth-order valence-electron chi connectivity index (χ4n) is 3.62. The lowest BCUT2D eigenvalue weighted by atomic mass is 9.98. The summed E-state index contributed by atoms with van der Waals surface area (Å²) in [5.41, 5.74) is 1.84. The molecule has 0 radical (unpaired) electrons. The number of halogens is 1. The number of carboxylic acids is 1. The highest BCUT2D eigenvalue weighted by Gasteiger charge is 2.50. The maximum absolute atomic E-state index is 13.9. The lowest BCUT2D eigenvalue weighted by molar-refractivity contribution is -0.132. The van der Waals surface area contributed by atoms with Crippen molar-refractivity contribution < 1.29 is 28.6 Å². The zero-order chi connectivity index (χ0) is 20.8. The van der Waals surface area contributed by atoms with Gasteiger partial charge in [0.25, 0.3) is 0 Å². The summed E-state index contributed by atoms with van der Waals surface area (Å²) in [6.45, 7) is 1.75. The third-order valence-corrected chi connectivity index (χ3v) is 5.05. The molecule has 1 saturated heterocycles. The smallest absolute Gasteiger partial charge is 0.412 e. The first kappa shape index (κ1) is 18.7. The Morgan fingerprint density at radius 1 is 1.55 bits per heavy atom. The SMILES string of the molecule is CCC1(N2C(=O)OCC2c2cc(F)cnc2OC)C=CN2NC=C(C(=O)O)C2=N1. The molecule has 152 valence electrons. The number of nitrogens with one attached hydrogen (secondary N) is 1. The number of hydrazine groups is 1. The number of aromatic nitrogens is 1. The van der Waals surface area contributed by atoms with E-state index in [2.05, 4.69) is 15.4 Å². The summed E-state index contributed by atoms with van der Waals surface area (Å²) in [7, 11) is 1.40. The number of carbonyl (C=O) groups excluding carboxylic acids is 1. The predicted octanol–water partition coefficient (Wildman–Crippen LogP) is 1.54. The molecule has 1 fully saturated rings. The number of aliphatic imine (C=N–C) groups is 1. The highest BCUT2D eigenvalue weighted by molar-refractivity contribution is 6.19. The van der Waals surface area contributed by atoms with E-state index in [1.807, 2.05) is 0 Å². The van der Waals surface area contributed by atoms with Crippen LogP contribution in [0.1, 0.15) is 24.9 Å². The highest BCUT2D eigenvalue weighted by Crippen LogP contribution is 2.42. The standard InChI is InChI=1S/C18H18FN5O5/c1-3-18(4-5-23-14(22-18)12(8-21-23)16(25)26)24-13(9-29-17(24)27)11-6-10(19)7-20-15(11)28-2/h4-8,13,21H,3,9H2,1-2H3,(H,25,26). The molecule has 0 bridgehead atoms. The van der Waals surface area contributed by atoms with Crippen molar-refractivity contribution in [1.82, 2.24) is 20.3 Å². The van der Waals surface area contributed by atoms with Crippen LogP contribution in [-0.4, -0.2) is 57.3 Å². The van der Waals surface area contributed by atoms with Crippen LogP contribution in [0.4, 0.5) is 9.18 Å². The lowest BCUT2D eigenvalue weighted by Gasteiger charge is -2.40. The first-order valence-corrected chi connectivity index (χ1v) is 8.84. The van der Waals surface area contributed by atoms with E-state index in [4.69, 9.17) is 9.47 Å². The normalized spacial score (nSPS) is 25.2. The molecule has 2 atom stereocenters. The summed E-state index contributed by atoms with van der Waals surface area (Å²) in [5, 5.41) is 10.9. The molecule has 4 heterocycles. The summed E-state index contributed by atoms with van der Waals surface area (Å²) in [6, 6.07) is 0.508. The van der Waals surface area contributed by atoms with Crippen LogP contribution in [0.15, 0.2) is 41.3 Å². The van der Waals surface area contributed by atoms with Gasteiger partial charge in [0.05, 0.1) is 13.3 Å². The molecule has 11 heteroatoms. The second-order valence-corrected chi connectivity index (χ2v) is 6.56. The average Bonchev–Trinajstić information content (AvgIpc) is 3.30. The molecule has 0 aromatic carbocycles. The summed E-state index contributed by atoms with van der Waals surface area (Å²) in [5.74, 6) is -1.42. The van der Waals surface area contributed by atoms with Gasteiger partial charge < -0.3 is 14.6 Å². The Bertz CT molecular complexity index is 977. The van der Waals surface area contributed by atoms with Crippen LogP contribution >= 0.6 is 0 Å². The molecule has 1 amide bonds. The summed E-state index contributed by atoms with van der Waals surface area (Å²) < 4.78 is 24.4. The van der Waals surface area contributed by atoms with E-state index in [1.165, 1.54) is 29.3 Å². The number of rotatable bonds is 5. The number of carbonyl (C=O) groups is 2. The van der Waals surface area contributed by atoms with Crippen LogP contribution in [0.2, 0.25) is 0 Å². The van der Waals surface area contributed by atoms with Gasteiger partial charge in [0.1, 0.15) is 24.0 Å². The summed E-state index contributed by atoms with van der Waals surface area (Å²) in [4.78, 5) is 34.1. The van der Waals surface area contributed by atoms with E-state index in [1.54, 1.807) is 19.2 Å². The van der Waals surface area contributed by atoms with E-state index in [-0.39, 0.29) is 23.9 Å². The van der Waals surface area contributed by atoms with Crippen LogP contribution < -0.4 is 10.2 Å². The fourth-order valence-corrected chi connectivity index (χ4v) is 3.62. The summed E-state index contributed by atoms with van der Waals surface area (Å²) >= 11 is 0. The van der Waals surface area contributed by atoms with Crippen molar-refractivity contribution in [1.29, 1.82) is 0 Å². The molecule has 2 N–H and O–H groups in total. The fraction of sp³-hybridized carbons (Fsp3) is 0.333. The van der Waals surface area contributed by atoms with E-state index >= 15 is 0 Å². The molecular formula is C18H18FN5O5. The van der Waals surface area contributed by atoms with Crippen LogP contribution in [0.3, 0.4) is 0 Å². The highest BCUT2D eigenvalue weighted by atomic mass is 19.1. The minimum Gasteiger partial charge on any atom is -0.481 e. The topological polar surface area (TPSA) is 117 Å². The van der Waals surface area contributed by atoms with Crippen molar-refractivity contribution >= 4 is 17.9 Å². The second-order valence-electron chi connectivity index (χ2n) is 6.56. The van der Waals surface area contributed by atoms with Gasteiger partial charge in [-0.15, -0.1) is 0 Å². The first-order valence-electron chi connectivity index (χ1n) is 8.84. The number of hydrogen-bond acceptors (Lipinski definition) is 8. The zero-order valence-corrected chi connectivity index (χ0v) is 15.6. The number of cyclic esters (lactones) is 1.